The zero-order valence-electron chi connectivity index (χ0n) is 9.95. The van der Waals surface area contributed by atoms with Crippen molar-refractivity contribution in [3.05, 3.63) is 0 Å². The van der Waals surface area contributed by atoms with Crippen molar-refractivity contribution in [1.82, 2.24) is 4.90 Å². The van der Waals surface area contributed by atoms with Gasteiger partial charge in [-0.3, -0.25) is 0 Å². The van der Waals surface area contributed by atoms with Crippen molar-refractivity contribution in [3.63, 3.8) is 0 Å². The van der Waals surface area contributed by atoms with Crippen molar-refractivity contribution in [2.45, 2.75) is 32.1 Å². The summed E-state index contributed by atoms with van der Waals surface area (Å²) in [5.74, 6) is 0.904. The van der Waals surface area contributed by atoms with Gasteiger partial charge in [0.1, 0.15) is 0 Å². The van der Waals surface area contributed by atoms with Crippen LogP contribution in [0.5, 0.6) is 0 Å². The Morgan fingerprint density at radius 3 is 2.60 bits per heavy atom. The number of ether oxygens (including phenoxy) is 1. The van der Waals surface area contributed by atoms with Crippen LogP contribution in [-0.4, -0.2) is 50.0 Å². The maximum atomic E-state index is 8.55. The number of aliphatic hydroxyl groups is 1. The van der Waals surface area contributed by atoms with Crippen LogP contribution in [0.15, 0.2) is 0 Å². The molecule has 0 aromatic rings. The topological polar surface area (TPSA) is 32.7 Å². The number of rotatable bonds is 7. The summed E-state index contributed by atoms with van der Waals surface area (Å²) in [5.41, 5.74) is 0. The van der Waals surface area contributed by atoms with E-state index in [1.54, 1.807) is 0 Å². The van der Waals surface area contributed by atoms with Gasteiger partial charge in [-0.05, 0) is 25.8 Å². The minimum Gasteiger partial charge on any atom is -0.394 e. The molecule has 0 atom stereocenters. The summed E-state index contributed by atoms with van der Waals surface area (Å²) >= 11 is 0. The van der Waals surface area contributed by atoms with Crippen molar-refractivity contribution >= 4 is 0 Å². The maximum absolute atomic E-state index is 8.55. The summed E-state index contributed by atoms with van der Waals surface area (Å²) in [6.45, 7) is 3.53. The fraction of sp³-hybridized carbons (Fsp3) is 1.00. The lowest BCUT2D eigenvalue weighted by Gasteiger charge is -2.26. The number of hydrogen-bond acceptors (Lipinski definition) is 3. The highest BCUT2D eigenvalue weighted by atomic mass is 16.5. The SMILES string of the molecule is CN(CCOCCO)CC1CCCCC1. The second-order valence-corrected chi connectivity index (χ2v) is 4.60. The van der Waals surface area contributed by atoms with Crippen molar-refractivity contribution < 1.29 is 9.84 Å². The minimum atomic E-state index is 0.131. The van der Waals surface area contributed by atoms with Crippen molar-refractivity contribution in [1.29, 1.82) is 0 Å². The Bertz CT molecular complexity index is 147. The van der Waals surface area contributed by atoms with E-state index in [-0.39, 0.29) is 6.61 Å². The Morgan fingerprint density at radius 2 is 1.93 bits per heavy atom. The number of aliphatic hydroxyl groups excluding tert-OH is 1. The molecule has 0 aliphatic heterocycles. The third kappa shape index (κ3) is 6.13. The van der Waals surface area contributed by atoms with E-state index in [1.807, 2.05) is 0 Å². The molecule has 1 saturated carbocycles. The van der Waals surface area contributed by atoms with Crippen LogP contribution >= 0.6 is 0 Å². The smallest absolute Gasteiger partial charge is 0.0698 e. The van der Waals surface area contributed by atoms with E-state index in [2.05, 4.69) is 11.9 Å². The molecule has 1 aliphatic rings. The number of hydrogen-bond donors (Lipinski definition) is 1. The normalized spacial score (nSPS) is 18.6. The van der Waals surface area contributed by atoms with Gasteiger partial charge in [0.15, 0.2) is 0 Å². The minimum absolute atomic E-state index is 0.131. The molecule has 90 valence electrons. The lowest BCUT2D eigenvalue weighted by molar-refractivity contribution is 0.0743. The van der Waals surface area contributed by atoms with Gasteiger partial charge in [-0.1, -0.05) is 19.3 Å². The quantitative estimate of drug-likeness (QED) is 0.653. The zero-order valence-corrected chi connectivity index (χ0v) is 9.95. The summed E-state index contributed by atoms with van der Waals surface area (Å²) < 4.78 is 5.25. The van der Waals surface area contributed by atoms with Crippen LogP contribution in [0.3, 0.4) is 0 Å². The highest BCUT2D eigenvalue weighted by molar-refractivity contribution is 4.68. The van der Waals surface area contributed by atoms with Gasteiger partial charge in [-0.2, -0.15) is 0 Å². The molecule has 0 aromatic heterocycles. The summed E-state index contributed by atoms with van der Waals surface area (Å²) in [4.78, 5) is 2.35. The molecule has 0 radical (unpaired) electrons. The molecule has 0 unspecified atom stereocenters. The fourth-order valence-corrected chi connectivity index (χ4v) is 2.29. The number of likely N-dealkylation sites (N-methyl/N-ethyl adjacent to an activating group) is 1. The van der Waals surface area contributed by atoms with Crippen LogP contribution in [-0.2, 0) is 4.74 Å². The Kier molecular flexibility index (Phi) is 6.98. The van der Waals surface area contributed by atoms with E-state index in [9.17, 15) is 0 Å². The summed E-state index contributed by atoms with van der Waals surface area (Å²) in [6.07, 6.45) is 7.07. The Balaban J connectivity index is 1.98. The average molecular weight is 215 g/mol. The molecule has 1 aliphatic carbocycles. The molecule has 0 bridgehead atoms. The van der Waals surface area contributed by atoms with Gasteiger partial charge in [0.25, 0.3) is 0 Å². The first-order valence-electron chi connectivity index (χ1n) is 6.20. The highest BCUT2D eigenvalue weighted by Gasteiger charge is 2.14. The van der Waals surface area contributed by atoms with Crippen LogP contribution in [0.1, 0.15) is 32.1 Å². The van der Waals surface area contributed by atoms with Crippen LogP contribution in [0.25, 0.3) is 0 Å². The van der Waals surface area contributed by atoms with Crippen LogP contribution in [0, 0.1) is 5.92 Å². The first-order valence-corrected chi connectivity index (χ1v) is 6.20. The molecule has 0 saturated heterocycles. The summed E-state index contributed by atoms with van der Waals surface area (Å²) in [5, 5.41) is 8.55. The van der Waals surface area contributed by atoms with Gasteiger partial charge < -0.3 is 14.7 Å². The third-order valence-corrected chi connectivity index (χ3v) is 3.15. The van der Waals surface area contributed by atoms with E-state index in [4.69, 9.17) is 9.84 Å². The van der Waals surface area contributed by atoms with Crippen molar-refractivity contribution in [2.24, 2.45) is 5.92 Å². The van der Waals surface area contributed by atoms with E-state index in [0.717, 1.165) is 19.1 Å². The molecule has 3 heteroatoms. The van der Waals surface area contributed by atoms with Crippen LogP contribution in [0.2, 0.25) is 0 Å². The molecule has 0 amide bonds. The molecular weight excluding hydrogens is 190 g/mol. The first kappa shape index (κ1) is 12.9. The molecule has 0 aromatic carbocycles. The highest BCUT2D eigenvalue weighted by Crippen LogP contribution is 2.23. The molecule has 15 heavy (non-hydrogen) atoms. The molecular formula is C12H25NO2. The molecule has 1 fully saturated rings. The van der Waals surface area contributed by atoms with Gasteiger partial charge in [0.05, 0.1) is 19.8 Å². The maximum Gasteiger partial charge on any atom is 0.0698 e. The van der Waals surface area contributed by atoms with Gasteiger partial charge >= 0.3 is 0 Å². The van der Waals surface area contributed by atoms with Crippen LogP contribution in [0.4, 0.5) is 0 Å². The Hall–Kier alpha value is -0.120. The molecule has 0 heterocycles. The molecule has 3 nitrogen and oxygen atoms in total. The Labute approximate surface area is 93.4 Å². The largest absolute Gasteiger partial charge is 0.394 e. The van der Waals surface area contributed by atoms with Gasteiger partial charge in [-0.15, -0.1) is 0 Å². The Morgan fingerprint density at radius 1 is 1.20 bits per heavy atom. The predicted octanol–water partition coefficient (Wildman–Crippen LogP) is 1.51. The predicted molar refractivity (Wildman–Crippen MR) is 62.0 cm³/mol. The van der Waals surface area contributed by atoms with E-state index >= 15 is 0 Å². The lowest BCUT2D eigenvalue weighted by atomic mass is 9.89. The van der Waals surface area contributed by atoms with Crippen LogP contribution < -0.4 is 0 Å². The summed E-state index contributed by atoms with van der Waals surface area (Å²) in [6, 6.07) is 0. The standard InChI is InChI=1S/C12H25NO2/c1-13(7-9-15-10-8-14)11-12-5-3-2-4-6-12/h12,14H,2-11H2,1H3. The summed E-state index contributed by atoms with van der Waals surface area (Å²) in [7, 11) is 2.16. The zero-order chi connectivity index (χ0) is 10.9. The lowest BCUT2D eigenvalue weighted by Crippen LogP contribution is -2.30. The molecule has 1 N–H and O–H groups in total. The second-order valence-electron chi connectivity index (χ2n) is 4.60. The average Bonchev–Trinajstić information content (AvgIpc) is 2.26. The van der Waals surface area contributed by atoms with E-state index < -0.39 is 0 Å². The van der Waals surface area contributed by atoms with Gasteiger partial charge in [0, 0.05) is 13.1 Å². The fourth-order valence-electron chi connectivity index (χ4n) is 2.29. The first-order chi connectivity index (χ1) is 7.33. The third-order valence-electron chi connectivity index (χ3n) is 3.15. The molecule has 1 rings (SSSR count). The molecule has 0 spiro atoms. The monoisotopic (exact) mass is 215 g/mol. The van der Waals surface area contributed by atoms with Gasteiger partial charge in [-0.25, -0.2) is 0 Å². The van der Waals surface area contributed by atoms with E-state index in [0.29, 0.717) is 6.61 Å². The van der Waals surface area contributed by atoms with E-state index in [1.165, 1.54) is 38.6 Å². The van der Waals surface area contributed by atoms with Crippen molar-refractivity contribution in [2.75, 3.05) is 40.0 Å². The number of nitrogens with zero attached hydrogens (tertiary/aromatic N) is 1. The van der Waals surface area contributed by atoms with Gasteiger partial charge in [0.2, 0.25) is 0 Å². The second kappa shape index (κ2) is 8.08. The van der Waals surface area contributed by atoms with Crippen molar-refractivity contribution in [3.8, 4) is 0 Å².